The van der Waals surface area contributed by atoms with E-state index in [0.29, 0.717) is 23.1 Å². The molecule has 0 aliphatic heterocycles. The lowest BCUT2D eigenvalue weighted by molar-refractivity contribution is 0.200. The van der Waals surface area contributed by atoms with E-state index in [9.17, 15) is 4.79 Å². The van der Waals surface area contributed by atoms with Gasteiger partial charge < -0.3 is 15.4 Å². The van der Waals surface area contributed by atoms with Gasteiger partial charge >= 0.3 is 6.09 Å². The first-order valence-corrected chi connectivity index (χ1v) is 5.44. The quantitative estimate of drug-likeness (QED) is 0.819. The molecule has 0 aliphatic carbocycles. The van der Waals surface area contributed by atoms with Crippen molar-refractivity contribution < 1.29 is 9.53 Å². The minimum absolute atomic E-state index is 0.285. The third-order valence-corrected chi connectivity index (χ3v) is 2.27. The molecule has 0 unspecified atom stereocenters. The Morgan fingerprint density at radius 2 is 2.12 bits per heavy atom. The third kappa shape index (κ3) is 4.26. The van der Waals surface area contributed by atoms with Gasteiger partial charge in [0.25, 0.3) is 0 Å². The number of nitrogens with one attached hydrogen (secondary N) is 2. The second-order valence-electron chi connectivity index (χ2n) is 2.99. The molecule has 0 fully saturated rings. The Morgan fingerprint density at radius 1 is 1.38 bits per heavy atom. The molecule has 1 aromatic carbocycles. The lowest BCUT2D eigenvalue weighted by atomic mass is 10.3. The molecule has 16 heavy (non-hydrogen) atoms. The number of amides is 1. The van der Waals surface area contributed by atoms with Crippen LogP contribution < -0.4 is 15.4 Å². The first-order valence-electron chi connectivity index (χ1n) is 4.69. The summed E-state index contributed by atoms with van der Waals surface area (Å²) in [7, 11) is 1.79. The van der Waals surface area contributed by atoms with Crippen LogP contribution in [0.1, 0.15) is 0 Å². The highest BCUT2D eigenvalue weighted by Gasteiger charge is 2.07. The molecule has 0 spiro atoms. The van der Waals surface area contributed by atoms with Gasteiger partial charge in [0, 0.05) is 18.1 Å². The van der Waals surface area contributed by atoms with Crippen molar-refractivity contribution in [2.24, 2.45) is 0 Å². The van der Waals surface area contributed by atoms with Gasteiger partial charge in [-0.25, -0.2) is 4.79 Å². The molecule has 0 atom stereocenters. The minimum Gasteiger partial charge on any atom is -0.409 e. The number of likely N-dealkylation sites (N-methyl/N-ethyl adjacent to an activating group) is 1. The molecular formula is C10H12Cl2N2O2. The van der Waals surface area contributed by atoms with Crippen LogP contribution in [0.3, 0.4) is 0 Å². The van der Waals surface area contributed by atoms with E-state index in [1.54, 1.807) is 19.2 Å². The number of hydrogen-bond donors (Lipinski definition) is 2. The average molecular weight is 263 g/mol. The molecular weight excluding hydrogens is 251 g/mol. The Bertz CT molecular complexity index is 372. The molecule has 2 N–H and O–H groups in total. The fraction of sp³-hybridized carbons (Fsp3) is 0.300. The first kappa shape index (κ1) is 13.1. The molecule has 0 aliphatic rings. The standard InChI is InChI=1S/C10H12Cl2N2O2/c1-13-4-5-14-10(15)16-9-3-2-7(11)6-8(9)12/h2-3,6,13H,4-5H2,1H3,(H,14,15). The van der Waals surface area contributed by atoms with E-state index in [-0.39, 0.29) is 5.75 Å². The topological polar surface area (TPSA) is 50.4 Å². The van der Waals surface area contributed by atoms with Crippen molar-refractivity contribution in [2.75, 3.05) is 20.1 Å². The summed E-state index contributed by atoms with van der Waals surface area (Å²) >= 11 is 11.5. The van der Waals surface area contributed by atoms with Crippen LogP contribution in [0.25, 0.3) is 0 Å². The van der Waals surface area contributed by atoms with E-state index < -0.39 is 6.09 Å². The van der Waals surface area contributed by atoms with Gasteiger partial charge in [-0.15, -0.1) is 0 Å². The average Bonchev–Trinajstić information content (AvgIpc) is 2.23. The number of hydrogen-bond acceptors (Lipinski definition) is 3. The fourth-order valence-corrected chi connectivity index (χ4v) is 1.43. The van der Waals surface area contributed by atoms with Gasteiger partial charge in [0.2, 0.25) is 0 Å². The van der Waals surface area contributed by atoms with Gasteiger partial charge in [0.15, 0.2) is 5.75 Å². The zero-order valence-corrected chi connectivity index (χ0v) is 10.2. The second-order valence-corrected chi connectivity index (χ2v) is 3.84. The fourth-order valence-electron chi connectivity index (χ4n) is 0.983. The van der Waals surface area contributed by atoms with E-state index in [2.05, 4.69) is 10.6 Å². The van der Waals surface area contributed by atoms with Crippen LogP contribution in [-0.4, -0.2) is 26.2 Å². The van der Waals surface area contributed by atoms with E-state index in [4.69, 9.17) is 27.9 Å². The molecule has 4 nitrogen and oxygen atoms in total. The number of ether oxygens (including phenoxy) is 1. The van der Waals surface area contributed by atoms with Gasteiger partial charge in [-0.3, -0.25) is 0 Å². The van der Waals surface area contributed by atoms with E-state index >= 15 is 0 Å². The maximum atomic E-state index is 11.3. The van der Waals surface area contributed by atoms with Crippen LogP contribution in [0.2, 0.25) is 10.0 Å². The zero-order chi connectivity index (χ0) is 12.0. The second kappa shape index (κ2) is 6.58. The molecule has 1 rings (SSSR count). The van der Waals surface area contributed by atoms with E-state index in [0.717, 1.165) is 0 Å². The Morgan fingerprint density at radius 3 is 2.75 bits per heavy atom. The van der Waals surface area contributed by atoms with Crippen molar-refractivity contribution in [3.8, 4) is 5.75 Å². The number of carbonyl (C=O) groups excluding carboxylic acids is 1. The molecule has 0 bridgehead atoms. The smallest absolute Gasteiger partial charge is 0.409 e. The van der Waals surface area contributed by atoms with Crippen molar-refractivity contribution in [1.82, 2.24) is 10.6 Å². The van der Waals surface area contributed by atoms with Crippen LogP contribution >= 0.6 is 23.2 Å². The highest BCUT2D eigenvalue weighted by molar-refractivity contribution is 6.35. The summed E-state index contributed by atoms with van der Waals surface area (Å²) in [5, 5.41) is 6.25. The Hall–Kier alpha value is -0.970. The summed E-state index contributed by atoms with van der Waals surface area (Å²) < 4.78 is 4.98. The molecule has 0 aromatic heterocycles. The van der Waals surface area contributed by atoms with Crippen molar-refractivity contribution >= 4 is 29.3 Å². The molecule has 1 amide bonds. The Balaban J connectivity index is 2.49. The van der Waals surface area contributed by atoms with Crippen LogP contribution in [0, 0.1) is 0 Å². The highest BCUT2D eigenvalue weighted by Crippen LogP contribution is 2.27. The molecule has 0 saturated carbocycles. The largest absolute Gasteiger partial charge is 0.412 e. The lowest BCUT2D eigenvalue weighted by Gasteiger charge is -2.07. The molecule has 0 saturated heterocycles. The molecule has 88 valence electrons. The lowest BCUT2D eigenvalue weighted by Crippen LogP contribution is -2.32. The summed E-state index contributed by atoms with van der Waals surface area (Å²) in [6.45, 7) is 1.16. The number of carbonyl (C=O) groups is 1. The van der Waals surface area contributed by atoms with Crippen LogP contribution in [-0.2, 0) is 0 Å². The summed E-state index contributed by atoms with van der Waals surface area (Å²) in [6, 6.07) is 4.66. The van der Waals surface area contributed by atoms with Crippen LogP contribution in [0.5, 0.6) is 5.75 Å². The number of benzene rings is 1. The van der Waals surface area contributed by atoms with Gasteiger partial charge in [0.05, 0.1) is 5.02 Å². The Kier molecular flexibility index (Phi) is 5.38. The normalized spacial score (nSPS) is 9.94. The summed E-state index contributed by atoms with van der Waals surface area (Å²) in [4.78, 5) is 11.3. The molecule has 6 heteroatoms. The monoisotopic (exact) mass is 262 g/mol. The predicted molar refractivity (Wildman–Crippen MR) is 64.4 cm³/mol. The summed E-state index contributed by atoms with van der Waals surface area (Å²) in [5.74, 6) is 0.285. The molecule has 1 aromatic rings. The molecule has 0 radical (unpaired) electrons. The van der Waals surface area contributed by atoms with Crippen LogP contribution in [0.4, 0.5) is 4.79 Å². The maximum Gasteiger partial charge on any atom is 0.412 e. The first-order chi connectivity index (χ1) is 7.63. The van der Waals surface area contributed by atoms with Crippen molar-refractivity contribution in [1.29, 1.82) is 0 Å². The van der Waals surface area contributed by atoms with Gasteiger partial charge in [-0.2, -0.15) is 0 Å². The summed E-state index contributed by atoms with van der Waals surface area (Å²) in [5.41, 5.74) is 0. The van der Waals surface area contributed by atoms with Crippen LogP contribution in [0.15, 0.2) is 18.2 Å². The van der Waals surface area contributed by atoms with Gasteiger partial charge in [-0.05, 0) is 25.2 Å². The zero-order valence-electron chi connectivity index (χ0n) is 8.72. The number of rotatable bonds is 4. The molecule has 0 heterocycles. The summed E-state index contributed by atoms with van der Waals surface area (Å²) in [6.07, 6.45) is -0.542. The third-order valence-electron chi connectivity index (χ3n) is 1.74. The van der Waals surface area contributed by atoms with Gasteiger partial charge in [0.1, 0.15) is 0 Å². The van der Waals surface area contributed by atoms with E-state index in [1.165, 1.54) is 6.07 Å². The van der Waals surface area contributed by atoms with Crippen molar-refractivity contribution in [3.05, 3.63) is 28.2 Å². The van der Waals surface area contributed by atoms with Crippen molar-refractivity contribution in [3.63, 3.8) is 0 Å². The highest BCUT2D eigenvalue weighted by atomic mass is 35.5. The number of halogens is 2. The predicted octanol–water partition coefficient (Wildman–Crippen LogP) is 2.30. The maximum absolute atomic E-state index is 11.3. The van der Waals surface area contributed by atoms with Gasteiger partial charge in [-0.1, -0.05) is 23.2 Å². The Labute approximate surface area is 104 Å². The van der Waals surface area contributed by atoms with E-state index in [1.807, 2.05) is 0 Å². The van der Waals surface area contributed by atoms with Crippen molar-refractivity contribution in [2.45, 2.75) is 0 Å². The minimum atomic E-state index is -0.542. The SMILES string of the molecule is CNCCNC(=O)Oc1ccc(Cl)cc1Cl.